The molecule has 1 aromatic heterocycles. The van der Waals surface area contributed by atoms with Crippen LogP contribution in [-0.4, -0.2) is 32.3 Å². The van der Waals surface area contributed by atoms with E-state index >= 15 is 0 Å². The number of benzene rings is 3. The van der Waals surface area contributed by atoms with E-state index in [0.29, 0.717) is 36.9 Å². The van der Waals surface area contributed by atoms with Crippen LogP contribution >= 0.6 is 0 Å². The number of fused-ring (bicyclic) bond motifs is 1. The van der Waals surface area contributed by atoms with Crippen LogP contribution in [0.15, 0.2) is 72.9 Å². The second-order valence-electron chi connectivity index (χ2n) is 11.2. The number of carboxylic acids is 1. The normalized spacial score (nSPS) is 22.2. The third kappa shape index (κ3) is 3.64. The molecule has 2 N–H and O–H groups in total. The van der Waals surface area contributed by atoms with Gasteiger partial charge in [-0.2, -0.15) is 5.10 Å². The van der Waals surface area contributed by atoms with Gasteiger partial charge < -0.3 is 10.4 Å². The van der Waals surface area contributed by atoms with Crippen molar-refractivity contribution in [3.63, 3.8) is 0 Å². The van der Waals surface area contributed by atoms with Crippen LogP contribution in [0.1, 0.15) is 49.0 Å². The van der Waals surface area contributed by atoms with Gasteiger partial charge in [0.1, 0.15) is 5.82 Å². The predicted octanol–water partition coefficient (Wildman–Crippen LogP) is 5.65. The molecule has 37 heavy (non-hydrogen) atoms. The molecule has 0 atom stereocenters. The van der Waals surface area contributed by atoms with Crippen LogP contribution in [0.3, 0.4) is 0 Å². The highest BCUT2D eigenvalue weighted by atomic mass is 19.1. The first-order valence-corrected chi connectivity index (χ1v) is 12.5. The molecule has 6 nitrogen and oxygen atoms in total. The minimum Gasteiger partial charge on any atom is -0.481 e. The monoisotopic (exact) mass is 497 g/mol. The van der Waals surface area contributed by atoms with Crippen LogP contribution in [0.4, 0.5) is 4.39 Å². The Balaban J connectivity index is 1.38. The van der Waals surface area contributed by atoms with Crippen LogP contribution in [0.25, 0.3) is 22.0 Å². The number of nitrogens with zero attached hydrogens (tertiary/aromatic N) is 2. The lowest BCUT2D eigenvalue weighted by atomic mass is 9.30. The van der Waals surface area contributed by atoms with Crippen LogP contribution in [0, 0.1) is 16.6 Å². The molecule has 3 aliphatic rings. The molecule has 0 saturated heterocycles. The first-order chi connectivity index (χ1) is 17.6. The largest absolute Gasteiger partial charge is 0.481 e. The Morgan fingerprint density at radius 2 is 1.70 bits per heavy atom. The number of carboxylic acid groups (broad SMARTS) is 1. The minimum atomic E-state index is -0.738. The molecule has 2 bridgehead atoms. The zero-order valence-electron chi connectivity index (χ0n) is 20.8. The Morgan fingerprint density at radius 3 is 2.35 bits per heavy atom. The van der Waals surface area contributed by atoms with Gasteiger partial charge in [0.05, 0.1) is 29.2 Å². The molecule has 4 aromatic rings. The first kappa shape index (κ1) is 23.4. The van der Waals surface area contributed by atoms with Crippen molar-refractivity contribution in [2.24, 2.45) is 10.8 Å². The average Bonchev–Trinajstić information content (AvgIpc) is 3.20. The van der Waals surface area contributed by atoms with E-state index in [1.165, 1.54) is 12.1 Å². The molecular weight excluding hydrogens is 469 g/mol. The van der Waals surface area contributed by atoms with Crippen molar-refractivity contribution in [1.82, 2.24) is 15.1 Å². The van der Waals surface area contributed by atoms with Gasteiger partial charge in [0.15, 0.2) is 0 Å². The van der Waals surface area contributed by atoms with E-state index in [0.717, 1.165) is 22.1 Å². The van der Waals surface area contributed by atoms with Crippen LogP contribution in [-0.2, 0) is 11.3 Å². The zero-order chi connectivity index (χ0) is 26.0. The number of nitrogens with one attached hydrogen (secondary N) is 1. The third-order valence-corrected chi connectivity index (χ3v) is 8.57. The van der Waals surface area contributed by atoms with Gasteiger partial charge in [-0.05, 0) is 79.5 Å². The van der Waals surface area contributed by atoms with Gasteiger partial charge in [-0.1, -0.05) is 42.5 Å². The second-order valence-corrected chi connectivity index (χ2v) is 11.2. The SMILES string of the molecule is CC(C)(NC(=O)c1cc(-c2ccccc2)cc2cnn(Cc3ccc(F)cc3)c12)C12CC(C(=O)O)(C1)C2. The van der Waals surface area contributed by atoms with Crippen molar-refractivity contribution >= 4 is 22.8 Å². The molecule has 3 fully saturated rings. The zero-order valence-corrected chi connectivity index (χ0v) is 20.8. The second kappa shape index (κ2) is 8.00. The Morgan fingerprint density at radius 1 is 1.03 bits per heavy atom. The van der Waals surface area contributed by atoms with Crippen LogP contribution < -0.4 is 5.32 Å². The number of amides is 1. The number of carbonyl (C=O) groups excluding carboxylic acids is 1. The lowest BCUT2D eigenvalue weighted by Crippen LogP contribution is -2.76. The summed E-state index contributed by atoms with van der Waals surface area (Å²) in [6.45, 7) is 4.37. The maximum absolute atomic E-state index is 13.9. The number of halogens is 1. The summed E-state index contributed by atoms with van der Waals surface area (Å²) in [7, 11) is 0. The van der Waals surface area contributed by atoms with Crippen molar-refractivity contribution in [3.8, 4) is 11.1 Å². The molecule has 3 aromatic carbocycles. The van der Waals surface area contributed by atoms with Crippen LogP contribution in [0.2, 0.25) is 0 Å². The highest BCUT2D eigenvalue weighted by Gasteiger charge is 2.76. The van der Waals surface area contributed by atoms with E-state index in [-0.39, 0.29) is 17.1 Å². The van der Waals surface area contributed by atoms with E-state index in [2.05, 4.69) is 10.4 Å². The molecule has 3 saturated carbocycles. The van der Waals surface area contributed by atoms with E-state index < -0.39 is 16.9 Å². The van der Waals surface area contributed by atoms with Crippen molar-refractivity contribution in [3.05, 3.63) is 89.9 Å². The Labute approximate surface area is 214 Å². The molecule has 1 amide bonds. The smallest absolute Gasteiger partial charge is 0.309 e. The van der Waals surface area contributed by atoms with Gasteiger partial charge >= 0.3 is 5.97 Å². The van der Waals surface area contributed by atoms with E-state index in [1.54, 1.807) is 23.0 Å². The topological polar surface area (TPSA) is 84.2 Å². The lowest BCUT2D eigenvalue weighted by molar-refractivity contribution is -0.246. The summed E-state index contributed by atoms with van der Waals surface area (Å²) >= 11 is 0. The summed E-state index contributed by atoms with van der Waals surface area (Å²) in [5, 5.41) is 18.2. The lowest BCUT2D eigenvalue weighted by Gasteiger charge is -2.73. The Bertz CT molecular complexity index is 1520. The van der Waals surface area contributed by atoms with Gasteiger partial charge in [0.2, 0.25) is 0 Å². The highest BCUT2D eigenvalue weighted by molar-refractivity contribution is 6.07. The number of rotatable bonds is 7. The van der Waals surface area contributed by atoms with Gasteiger partial charge in [-0.15, -0.1) is 0 Å². The highest BCUT2D eigenvalue weighted by Crippen LogP contribution is 2.77. The molecule has 0 aliphatic heterocycles. The maximum atomic E-state index is 13.9. The molecule has 7 heteroatoms. The summed E-state index contributed by atoms with van der Waals surface area (Å²) in [6, 6.07) is 20.1. The number of hydrogen-bond acceptors (Lipinski definition) is 3. The quantitative estimate of drug-likeness (QED) is 0.345. The molecule has 0 spiro atoms. The Kier molecular flexibility index (Phi) is 5.06. The fraction of sp³-hybridized carbons (Fsp3) is 0.300. The van der Waals surface area contributed by atoms with E-state index in [1.807, 2.05) is 56.3 Å². The number of carbonyl (C=O) groups is 2. The molecule has 0 unspecified atom stereocenters. The van der Waals surface area contributed by atoms with Crippen LogP contribution in [0.5, 0.6) is 0 Å². The van der Waals surface area contributed by atoms with Crippen molar-refractivity contribution < 1.29 is 19.1 Å². The summed E-state index contributed by atoms with van der Waals surface area (Å²) < 4.78 is 15.2. The number of aromatic nitrogens is 2. The summed E-state index contributed by atoms with van der Waals surface area (Å²) in [6.07, 6.45) is 3.52. The predicted molar refractivity (Wildman–Crippen MR) is 139 cm³/mol. The van der Waals surface area contributed by atoms with Crippen molar-refractivity contribution in [1.29, 1.82) is 0 Å². The summed E-state index contributed by atoms with van der Waals surface area (Å²) in [5.74, 6) is -1.26. The van der Waals surface area contributed by atoms with Gasteiger partial charge in [-0.3, -0.25) is 14.3 Å². The van der Waals surface area contributed by atoms with Gasteiger partial charge in [0, 0.05) is 10.9 Å². The summed E-state index contributed by atoms with van der Waals surface area (Å²) in [4.78, 5) is 25.5. The molecular formula is C30H28FN3O3. The summed E-state index contributed by atoms with van der Waals surface area (Å²) in [5.41, 5.74) is 2.60. The third-order valence-electron chi connectivity index (χ3n) is 8.57. The van der Waals surface area contributed by atoms with E-state index in [9.17, 15) is 19.1 Å². The maximum Gasteiger partial charge on any atom is 0.309 e. The van der Waals surface area contributed by atoms with Crippen molar-refractivity contribution in [2.75, 3.05) is 0 Å². The fourth-order valence-electron chi connectivity index (χ4n) is 6.25. The molecule has 3 aliphatic carbocycles. The average molecular weight is 498 g/mol. The first-order valence-electron chi connectivity index (χ1n) is 12.5. The van der Waals surface area contributed by atoms with E-state index in [4.69, 9.17) is 0 Å². The molecule has 188 valence electrons. The molecule has 1 heterocycles. The molecule has 7 rings (SSSR count). The standard InChI is InChI=1S/C30H28FN3O3/c1-28(2,30-16-29(17-30,18-30)27(36)37)33-26(35)24-13-21(20-6-4-3-5-7-20)12-22-14-32-34(25(22)24)15-19-8-10-23(31)11-9-19/h3-14H,15-18H2,1-2H3,(H,33,35)(H,36,37). The van der Waals surface area contributed by atoms with Crippen molar-refractivity contribution in [2.45, 2.75) is 45.2 Å². The molecule has 0 radical (unpaired) electrons. The van der Waals surface area contributed by atoms with Gasteiger partial charge in [-0.25, -0.2) is 4.39 Å². The number of aliphatic carboxylic acids is 1. The Hall–Kier alpha value is -4.00. The fourth-order valence-corrected chi connectivity index (χ4v) is 6.25. The van der Waals surface area contributed by atoms with Gasteiger partial charge in [0.25, 0.3) is 5.91 Å². The number of hydrogen-bond donors (Lipinski definition) is 2. The minimum absolute atomic E-state index is 0.203.